The van der Waals surface area contributed by atoms with Crippen LogP contribution in [0.15, 0.2) is 51.4 Å². The van der Waals surface area contributed by atoms with E-state index in [1.54, 1.807) is 0 Å². The number of carbonyl (C=O) groups is 1. The number of halogens is 1. The number of benzene rings is 2. The predicted molar refractivity (Wildman–Crippen MR) is 125 cm³/mol. The van der Waals surface area contributed by atoms with E-state index >= 15 is 0 Å². The normalized spacial score (nSPS) is 16.4. The molecule has 0 saturated carbocycles. The lowest BCUT2D eigenvalue weighted by Crippen LogP contribution is -2.38. The number of fused-ring (bicyclic) bond motifs is 1. The first kappa shape index (κ1) is 21.1. The second-order valence-electron chi connectivity index (χ2n) is 8.28. The van der Waals surface area contributed by atoms with Crippen LogP contribution in [0.5, 0.6) is 0 Å². The van der Waals surface area contributed by atoms with Crippen LogP contribution in [0.25, 0.3) is 11.0 Å². The van der Waals surface area contributed by atoms with Crippen LogP contribution < -0.4 is 5.32 Å². The Bertz CT molecular complexity index is 1020. The van der Waals surface area contributed by atoms with Gasteiger partial charge in [-0.15, -0.1) is 0 Å². The van der Waals surface area contributed by atoms with Gasteiger partial charge in [0.15, 0.2) is 5.76 Å². The van der Waals surface area contributed by atoms with Crippen LogP contribution in [0.1, 0.15) is 59.0 Å². The molecule has 1 amide bonds. The minimum absolute atomic E-state index is 0.147. The third-order valence-corrected chi connectivity index (χ3v) is 6.60. The molecule has 4 rings (SSSR count). The molecule has 1 aliphatic rings. The van der Waals surface area contributed by atoms with E-state index in [0.29, 0.717) is 12.3 Å². The molecule has 1 aliphatic heterocycles. The molecule has 0 radical (unpaired) electrons. The molecule has 2 aromatic carbocycles. The van der Waals surface area contributed by atoms with E-state index in [9.17, 15) is 4.79 Å². The molecule has 0 bridgehead atoms. The summed E-state index contributed by atoms with van der Waals surface area (Å²) in [6.07, 6.45) is 5.01. The molecule has 1 fully saturated rings. The van der Waals surface area contributed by atoms with Crippen molar-refractivity contribution in [3.63, 3.8) is 0 Å². The Labute approximate surface area is 186 Å². The molecule has 158 valence electrons. The van der Waals surface area contributed by atoms with Crippen molar-refractivity contribution in [2.75, 3.05) is 19.6 Å². The van der Waals surface area contributed by atoms with Crippen molar-refractivity contribution in [1.82, 2.24) is 10.2 Å². The summed E-state index contributed by atoms with van der Waals surface area (Å²) in [7, 11) is 0. The van der Waals surface area contributed by atoms with Gasteiger partial charge in [-0.1, -0.05) is 58.6 Å². The number of amides is 1. The van der Waals surface area contributed by atoms with Crippen LogP contribution in [0.3, 0.4) is 0 Å². The zero-order chi connectivity index (χ0) is 21.1. The summed E-state index contributed by atoms with van der Waals surface area (Å²) in [5.74, 6) is 0.258. The monoisotopic (exact) mass is 468 g/mol. The van der Waals surface area contributed by atoms with Crippen molar-refractivity contribution >= 4 is 32.8 Å². The molecule has 30 heavy (non-hydrogen) atoms. The molecule has 0 spiro atoms. The van der Waals surface area contributed by atoms with Crippen molar-refractivity contribution in [3.8, 4) is 0 Å². The van der Waals surface area contributed by atoms with E-state index in [1.807, 2.05) is 25.1 Å². The van der Waals surface area contributed by atoms with Crippen molar-refractivity contribution in [2.45, 2.75) is 45.6 Å². The Kier molecular flexibility index (Phi) is 6.59. The van der Waals surface area contributed by atoms with Crippen LogP contribution in [0.2, 0.25) is 0 Å². The lowest BCUT2D eigenvalue weighted by atomic mass is 10.0. The van der Waals surface area contributed by atoms with Crippen LogP contribution >= 0.6 is 15.9 Å². The Morgan fingerprint density at radius 3 is 2.47 bits per heavy atom. The van der Waals surface area contributed by atoms with E-state index in [1.165, 1.54) is 36.8 Å². The van der Waals surface area contributed by atoms with Gasteiger partial charge >= 0.3 is 0 Å². The molecule has 3 aromatic rings. The highest BCUT2D eigenvalue weighted by Gasteiger charge is 2.24. The molecule has 1 aromatic heterocycles. The second-order valence-corrected chi connectivity index (χ2v) is 9.20. The summed E-state index contributed by atoms with van der Waals surface area (Å²) in [4.78, 5) is 15.6. The smallest absolute Gasteiger partial charge is 0.287 e. The summed E-state index contributed by atoms with van der Waals surface area (Å²) in [5.41, 5.74) is 4.13. The van der Waals surface area contributed by atoms with Gasteiger partial charge in [0.2, 0.25) is 0 Å². The number of nitrogens with zero attached hydrogens (tertiary/aromatic N) is 1. The summed E-state index contributed by atoms with van der Waals surface area (Å²) in [6, 6.07) is 14.7. The van der Waals surface area contributed by atoms with E-state index < -0.39 is 0 Å². The Hall–Kier alpha value is -2.11. The molecular weight excluding hydrogens is 440 g/mol. The first-order valence-electron chi connectivity index (χ1n) is 10.8. The van der Waals surface area contributed by atoms with E-state index in [4.69, 9.17) is 4.42 Å². The topological polar surface area (TPSA) is 45.5 Å². The van der Waals surface area contributed by atoms with Crippen LogP contribution in [-0.2, 0) is 0 Å². The molecule has 0 unspecified atom stereocenters. The zero-order valence-corrected chi connectivity index (χ0v) is 19.3. The third kappa shape index (κ3) is 4.62. The van der Waals surface area contributed by atoms with Gasteiger partial charge in [-0.2, -0.15) is 0 Å². The van der Waals surface area contributed by atoms with Gasteiger partial charge in [0.25, 0.3) is 5.91 Å². The highest BCUT2D eigenvalue weighted by atomic mass is 79.9. The zero-order valence-electron chi connectivity index (χ0n) is 17.7. The number of hydrogen-bond donors (Lipinski definition) is 1. The maximum atomic E-state index is 13.0. The fraction of sp³-hybridized carbons (Fsp3) is 0.400. The number of likely N-dealkylation sites (tertiary alicyclic amines) is 1. The maximum absolute atomic E-state index is 13.0. The molecule has 0 aliphatic carbocycles. The summed E-state index contributed by atoms with van der Waals surface area (Å²) in [5, 5.41) is 4.14. The van der Waals surface area contributed by atoms with Crippen molar-refractivity contribution < 1.29 is 9.21 Å². The molecule has 5 heteroatoms. The molecular formula is C25H29BrN2O2. The van der Waals surface area contributed by atoms with Gasteiger partial charge in [-0.05, 0) is 63.5 Å². The van der Waals surface area contributed by atoms with Crippen LogP contribution in [-0.4, -0.2) is 30.4 Å². The highest BCUT2D eigenvalue weighted by Crippen LogP contribution is 2.28. The summed E-state index contributed by atoms with van der Waals surface area (Å²) >= 11 is 3.47. The van der Waals surface area contributed by atoms with Gasteiger partial charge in [0.05, 0.1) is 6.04 Å². The molecule has 1 atom stereocenters. The Morgan fingerprint density at radius 1 is 1.07 bits per heavy atom. The maximum Gasteiger partial charge on any atom is 0.287 e. The Balaban J connectivity index is 1.55. The minimum atomic E-state index is -0.147. The average molecular weight is 469 g/mol. The molecule has 1 saturated heterocycles. The SMILES string of the molecule is Cc1ccc([C@H](CNC(=O)c2oc3cc(Br)ccc3c2C)N2CCCCCC2)cc1. The quantitative estimate of drug-likeness (QED) is 0.487. The fourth-order valence-corrected chi connectivity index (χ4v) is 4.68. The third-order valence-electron chi connectivity index (χ3n) is 6.11. The minimum Gasteiger partial charge on any atom is -0.451 e. The Morgan fingerprint density at radius 2 is 1.77 bits per heavy atom. The molecule has 4 nitrogen and oxygen atoms in total. The number of carbonyl (C=O) groups excluding carboxylic acids is 1. The van der Waals surface area contributed by atoms with Gasteiger partial charge < -0.3 is 9.73 Å². The molecule has 1 N–H and O–H groups in total. The number of furan rings is 1. The first-order chi connectivity index (χ1) is 14.5. The predicted octanol–water partition coefficient (Wildman–Crippen LogP) is 6.16. The van der Waals surface area contributed by atoms with E-state index in [2.05, 4.69) is 57.3 Å². The van der Waals surface area contributed by atoms with E-state index in [0.717, 1.165) is 34.1 Å². The molecule has 2 heterocycles. The van der Waals surface area contributed by atoms with Crippen LogP contribution in [0, 0.1) is 13.8 Å². The summed E-state index contributed by atoms with van der Waals surface area (Å²) < 4.78 is 6.85. The number of rotatable bonds is 5. The average Bonchev–Trinajstić information content (AvgIpc) is 2.90. The van der Waals surface area contributed by atoms with E-state index in [-0.39, 0.29) is 11.9 Å². The second kappa shape index (κ2) is 9.36. The largest absolute Gasteiger partial charge is 0.451 e. The summed E-state index contributed by atoms with van der Waals surface area (Å²) in [6.45, 7) is 6.77. The lowest BCUT2D eigenvalue weighted by molar-refractivity contribution is 0.0907. The standard InChI is InChI=1S/C25H29BrN2O2/c1-17-7-9-19(10-8-17)22(28-13-5-3-4-6-14-28)16-27-25(29)24-18(2)21-12-11-20(26)15-23(21)30-24/h7-12,15,22H,3-6,13-14,16H2,1-2H3,(H,27,29)/t22-/m0/s1. The number of hydrogen-bond acceptors (Lipinski definition) is 3. The number of nitrogens with one attached hydrogen (secondary N) is 1. The van der Waals surface area contributed by atoms with Crippen LogP contribution in [0.4, 0.5) is 0 Å². The van der Waals surface area contributed by atoms with Gasteiger partial charge in [0.1, 0.15) is 5.58 Å². The first-order valence-corrected chi connectivity index (χ1v) is 11.6. The van der Waals surface area contributed by atoms with Gasteiger partial charge in [-0.3, -0.25) is 9.69 Å². The van der Waals surface area contributed by atoms with Crippen molar-refractivity contribution in [2.24, 2.45) is 0 Å². The van der Waals surface area contributed by atoms with Gasteiger partial charge in [0, 0.05) is 22.0 Å². The lowest BCUT2D eigenvalue weighted by Gasteiger charge is -2.31. The van der Waals surface area contributed by atoms with Crippen molar-refractivity contribution in [1.29, 1.82) is 0 Å². The van der Waals surface area contributed by atoms with Crippen molar-refractivity contribution in [3.05, 3.63) is 69.4 Å². The fourth-order valence-electron chi connectivity index (χ4n) is 4.34. The number of aryl methyl sites for hydroxylation is 2. The highest BCUT2D eigenvalue weighted by molar-refractivity contribution is 9.10. The van der Waals surface area contributed by atoms with Gasteiger partial charge in [-0.25, -0.2) is 0 Å².